The van der Waals surface area contributed by atoms with Crippen LogP contribution < -0.4 is 0 Å². The molecule has 0 spiro atoms. The van der Waals surface area contributed by atoms with Gasteiger partial charge in [-0.2, -0.15) is 0 Å². The Hall–Kier alpha value is -0.640. The first-order chi connectivity index (χ1) is 8.72. The van der Waals surface area contributed by atoms with Crippen molar-refractivity contribution in [3.8, 4) is 0 Å². The number of hydrogen-bond donors (Lipinski definition) is 0. The Labute approximate surface area is 112 Å². The summed E-state index contributed by atoms with van der Waals surface area (Å²) < 4.78 is 19.5. The maximum absolute atomic E-state index is 13.7. The Bertz CT molecular complexity index is 436. The van der Waals surface area contributed by atoms with Crippen LogP contribution in [0.2, 0.25) is 5.02 Å². The molecule has 1 heterocycles. The van der Waals surface area contributed by atoms with Gasteiger partial charge in [0.2, 0.25) is 0 Å². The SMILES string of the molecule is Fc1cc(Cl)ccc1CN1CCO[C@H](C2CC2)C1. The van der Waals surface area contributed by atoms with Crippen LogP contribution in [0, 0.1) is 11.7 Å². The lowest BCUT2D eigenvalue weighted by molar-refractivity contribution is -0.0421. The number of ether oxygens (including phenoxy) is 1. The zero-order valence-electron chi connectivity index (χ0n) is 10.2. The van der Waals surface area contributed by atoms with Gasteiger partial charge in [-0.15, -0.1) is 0 Å². The van der Waals surface area contributed by atoms with Crippen molar-refractivity contribution in [2.24, 2.45) is 5.92 Å². The van der Waals surface area contributed by atoms with Gasteiger partial charge in [0, 0.05) is 30.2 Å². The number of hydrogen-bond acceptors (Lipinski definition) is 2. The third-order valence-electron chi connectivity index (χ3n) is 3.73. The Kier molecular flexibility index (Phi) is 3.55. The fraction of sp³-hybridized carbons (Fsp3) is 0.571. The van der Waals surface area contributed by atoms with Gasteiger partial charge < -0.3 is 4.74 Å². The van der Waals surface area contributed by atoms with E-state index in [4.69, 9.17) is 16.3 Å². The maximum atomic E-state index is 13.7. The minimum absolute atomic E-state index is 0.211. The van der Waals surface area contributed by atoms with Crippen LogP contribution >= 0.6 is 11.6 Å². The first-order valence-electron chi connectivity index (χ1n) is 6.50. The molecule has 0 aromatic heterocycles. The van der Waals surface area contributed by atoms with Crippen molar-refractivity contribution in [2.45, 2.75) is 25.5 Å². The molecule has 0 radical (unpaired) electrons. The predicted molar refractivity (Wildman–Crippen MR) is 69.2 cm³/mol. The Morgan fingerprint density at radius 1 is 1.39 bits per heavy atom. The summed E-state index contributed by atoms with van der Waals surface area (Å²) in [5.41, 5.74) is 0.718. The molecule has 2 fully saturated rings. The Morgan fingerprint density at radius 2 is 2.22 bits per heavy atom. The summed E-state index contributed by atoms with van der Waals surface area (Å²) in [6.07, 6.45) is 2.93. The number of nitrogens with zero attached hydrogens (tertiary/aromatic N) is 1. The fourth-order valence-electron chi connectivity index (χ4n) is 2.52. The van der Waals surface area contributed by atoms with Crippen LogP contribution in [0.15, 0.2) is 18.2 Å². The van der Waals surface area contributed by atoms with Gasteiger partial charge in [0.25, 0.3) is 0 Å². The molecular formula is C14H17ClFNO. The smallest absolute Gasteiger partial charge is 0.129 e. The second-order valence-corrected chi connectivity index (χ2v) is 5.65. The van der Waals surface area contributed by atoms with Crippen LogP contribution in [0.4, 0.5) is 4.39 Å². The summed E-state index contributed by atoms with van der Waals surface area (Å²) >= 11 is 5.76. The molecule has 1 aromatic rings. The largest absolute Gasteiger partial charge is 0.375 e. The zero-order valence-corrected chi connectivity index (χ0v) is 11.0. The molecule has 1 saturated carbocycles. The van der Waals surface area contributed by atoms with Crippen LogP contribution in [0.25, 0.3) is 0 Å². The molecule has 1 atom stereocenters. The van der Waals surface area contributed by atoms with E-state index in [1.807, 2.05) is 0 Å². The van der Waals surface area contributed by atoms with Crippen molar-refractivity contribution >= 4 is 11.6 Å². The molecule has 1 aliphatic heterocycles. The van der Waals surface area contributed by atoms with Crippen molar-refractivity contribution in [2.75, 3.05) is 19.7 Å². The lowest BCUT2D eigenvalue weighted by atomic mass is 10.1. The molecule has 18 heavy (non-hydrogen) atoms. The summed E-state index contributed by atoms with van der Waals surface area (Å²) in [5.74, 6) is 0.528. The van der Waals surface area contributed by atoms with E-state index in [-0.39, 0.29) is 5.82 Å². The summed E-state index contributed by atoms with van der Waals surface area (Å²) in [6, 6.07) is 4.91. The van der Waals surface area contributed by atoms with Gasteiger partial charge in [0.05, 0.1) is 12.7 Å². The van der Waals surface area contributed by atoms with Crippen molar-refractivity contribution in [3.05, 3.63) is 34.6 Å². The number of benzene rings is 1. The fourth-order valence-corrected chi connectivity index (χ4v) is 2.68. The molecule has 0 amide bonds. The summed E-state index contributed by atoms with van der Waals surface area (Å²) in [4.78, 5) is 2.28. The van der Waals surface area contributed by atoms with Gasteiger partial charge in [-0.1, -0.05) is 17.7 Å². The molecule has 0 N–H and O–H groups in total. The lowest BCUT2D eigenvalue weighted by Crippen LogP contribution is -2.43. The molecular weight excluding hydrogens is 253 g/mol. The van der Waals surface area contributed by atoms with Crippen molar-refractivity contribution < 1.29 is 9.13 Å². The van der Waals surface area contributed by atoms with E-state index in [9.17, 15) is 4.39 Å². The topological polar surface area (TPSA) is 12.5 Å². The predicted octanol–water partition coefficient (Wildman–Crippen LogP) is 3.09. The summed E-state index contributed by atoms with van der Waals surface area (Å²) in [7, 11) is 0. The van der Waals surface area contributed by atoms with Gasteiger partial charge in [-0.3, -0.25) is 4.90 Å². The van der Waals surface area contributed by atoms with E-state index in [0.29, 0.717) is 17.7 Å². The van der Waals surface area contributed by atoms with Crippen LogP contribution in [-0.2, 0) is 11.3 Å². The minimum Gasteiger partial charge on any atom is -0.375 e. The molecule has 0 unspecified atom stereocenters. The molecule has 2 nitrogen and oxygen atoms in total. The quantitative estimate of drug-likeness (QED) is 0.836. The molecule has 1 saturated heterocycles. The van der Waals surface area contributed by atoms with Gasteiger partial charge >= 0.3 is 0 Å². The molecule has 1 aromatic carbocycles. The lowest BCUT2D eigenvalue weighted by Gasteiger charge is -2.33. The van der Waals surface area contributed by atoms with Gasteiger partial charge in [-0.05, 0) is 30.9 Å². The average Bonchev–Trinajstić information content (AvgIpc) is 3.17. The third-order valence-corrected chi connectivity index (χ3v) is 3.97. The summed E-state index contributed by atoms with van der Waals surface area (Å²) in [5, 5.41) is 0.453. The molecule has 2 aliphatic rings. The van der Waals surface area contributed by atoms with Crippen molar-refractivity contribution in [1.29, 1.82) is 0 Å². The van der Waals surface area contributed by atoms with E-state index in [2.05, 4.69) is 4.90 Å². The van der Waals surface area contributed by atoms with Crippen LogP contribution in [0.5, 0.6) is 0 Å². The number of morpholine rings is 1. The highest BCUT2D eigenvalue weighted by Gasteiger charge is 2.35. The van der Waals surface area contributed by atoms with Gasteiger partial charge in [-0.25, -0.2) is 4.39 Å². The Balaban J connectivity index is 1.64. The van der Waals surface area contributed by atoms with E-state index in [1.54, 1.807) is 12.1 Å². The third kappa shape index (κ3) is 2.85. The molecule has 98 valence electrons. The van der Waals surface area contributed by atoms with Crippen molar-refractivity contribution in [3.63, 3.8) is 0 Å². The van der Waals surface area contributed by atoms with Gasteiger partial charge in [0.15, 0.2) is 0 Å². The molecule has 1 aliphatic carbocycles. The zero-order chi connectivity index (χ0) is 12.5. The first kappa shape index (κ1) is 12.4. The summed E-state index contributed by atoms with van der Waals surface area (Å²) in [6.45, 7) is 3.21. The van der Waals surface area contributed by atoms with Crippen LogP contribution in [0.3, 0.4) is 0 Å². The average molecular weight is 270 g/mol. The van der Waals surface area contributed by atoms with Crippen molar-refractivity contribution in [1.82, 2.24) is 4.90 Å². The molecule has 4 heteroatoms. The van der Waals surface area contributed by atoms with Crippen LogP contribution in [0.1, 0.15) is 18.4 Å². The monoisotopic (exact) mass is 269 g/mol. The molecule has 0 bridgehead atoms. The highest BCUT2D eigenvalue weighted by atomic mass is 35.5. The van der Waals surface area contributed by atoms with Gasteiger partial charge in [0.1, 0.15) is 5.82 Å². The standard InChI is InChI=1S/C14H17ClFNO/c15-12-4-3-11(13(16)7-12)8-17-5-6-18-14(9-17)10-1-2-10/h3-4,7,10,14H,1-2,5-6,8-9H2/t14-/m0/s1. The highest BCUT2D eigenvalue weighted by Crippen LogP contribution is 2.35. The van der Waals surface area contributed by atoms with E-state index in [0.717, 1.165) is 31.2 Å². The highest BCUT2D eigenvalue weighted by molar-refractivity contribution is 6.30. The van der Waals surface area contributed by atoms with Crippen LogP contribution in [-0.4, -0.2) is 30.7 Å². The van der Waals surface area contributed by atoms with E-state index < -0.39 is 0 Å². The Morgan fingerprint density at radius 3 is 2.94 bits per heavy atom. The number of halogens is 2. The van der Waals surface area contributed by atoms with E-state index >= 15 is 0 Å². The number of rotatable bonds is 3. The minimum atomic E-state index is -0.211. The first-order valence-corrected chi connectivity index (χ1v) is 6.88. The normalized spacial score (nSPS) is 25.3. The van der Waals surface area contributed by atoms with E-state index in [1.165, 1.54) is 18.9 Å². The maximum Gasteiger partial charge on any atom is 0.129 e. The second-order valence-electron chi connectivity index (χ2n) is 5.22. The molecule has 3 rings (SSSR count). The second kappa shape index (κ2) is 5.16.